The van der Waals surface area contributed by atoms with Crippen molar-refractivity contribution in [2.75, 3.05) is 7.11 Å². The number of hydrogen-bond donors (Lipinski definition) is 2. The van der Waals surface area contributed by atoms with Gasteiger partial charge in [-0.3, -0.25) is 10.2 Å². The van der Waals surface area contributed by atoms with Gasteiger partial charge in [-0.25, -0.2) is 10.6 Å². The number of amides is 1. The van der Waals surface area contributed by atoms with Gasteiger partial charge in [-0.1, -0.05) is 0 Å². The molecule has 1 rings (SSSR count). The molecule has 0 fully saturated rings. The van der Waals surface area contributed by atoms with Crippen molar-refractivity contribution >= 4 is 11.9 Å². The molecule has 6 heteroatoms. The summed E-state index contributed by atoms with van der Waals surface area (Å²) in [5.41, 5.74) is 2.17. The third-order valence-corrected chi connectivity index (χ3v) is 1.63. The Bertz CT molecular complexity index is 345. The minimum atomic E-state index is -0.543. The highest BCUT2D eigenvalue weighted by Crippen LogP contribution is 2.12. The molecule has 0 saturated carbocycles. The van der Waals surface area contributed by atoms with Crippen LogP contribution < -0.4 is 11.3 Å². The Morgan fingerprint density at radius 3 is 2.93 bits per heavy atom. The van der Waals surface area contributed by atoms with Crippen LogP contribution in [0.25, 0.3) is 0 Å². The molecule has 6 nitrogen and oxygen atoms in total. The number of esters is 1. The van der Waals surface area contributed by atoms with Crippen LogP contribution in [0.15, 0.2) is 16.7 Å². The number of methoxy groups -OCH3 is 1. The van der Waals surface area contributed by atoms with Gasteiger partial charge >= 0.3 is 5.97 Å². The van der Waals surface area contributed by atoms with Gasteiger partial charge in [0.2, 0.25) is 5.91 Å². The summed E-state index contributed by atoms with van der Waals surface area (Å²) in [6.45, 7) is 0. The lowest BCUT2D eigenvalue weighted by molar-refractivity contribution is -0.120. The van der Waals surface area contributed by atoms with Crippen LogP contribution >= 0.6 is 0 Å². The molecule has 0 spiro atoms. The summed E-state index contributed by atoms with van der Waals surface area (Å²) in [7, 11) is 1.25. The molecule has 0 bridgehead atoms. The van der Waals surface area contributed by atoms with Gasteiger partial charge in [0.1, 0.15) is 11.3 Å². The van der Waals surface area contributed by atoms with Crippen molar-refractivity contribution in [1.82, 2.24) is 5.43 Å². The van der Waals surface area contributed by atoms with Gasteiger partial charge in [0.15, 0.2) is 0 Å². The number of furan rings is 1. The van der Waals surface area contributed by atoms with Gasteiger partial charge in [0.05, 0.1) is 19.8 Å². The number of rotatable bonds is 3. The van der Waals surface area contributed by atoms with E-state index in [4.69, 9.17) is 10.3 Å². The fourth-order valence-electron chi connectivity index (χ4n) is 0.966. The van der Waals surface area contributed by atoms with E-state index in [1.807, 2.05) is 5.43 Å². The molecule has 14 heavy (non-hydrogen) atoms. The summed E-state index contributed by atoms with van der Waals surface area (Å²) in [4.78, 5) is 22.0. The second-order valence-electron chi connectivity index (χ2n) is 2.49. The number of nitrogens with two attached hydrogens (primary N) is 1. The lowest BCUT2D eigenvalue weighted by atomic mass is 10.2. The number of nitrogens with one attached hydrogen (secondary N) is 1. The molecular formula is C8H10N2O4. The van der Waals surface area contributed by atoms with Gasteiger partial charge in [-0.05, 0) is 6.07 Å². The average molecular weight is 198 g/mol. The van der Waals surface area contributed by atoms with E-state index in [9.17, 15) is 9.59 Å². The summed E-state index contributed by atoms with van der Waals surface area (Å²) in [5.74, 6) is 4.14. The van der Waals surface area contributed by atoms with Crippen molar-refractivity contribution in [2.45, 2.75) is 6.42 Å². The molecule has 3 N–H and O–H groups in total. The summed E-state index contributed by atoms with van der Waals surface area (Å²) in [5, 5.41) is 0. The highest BCUT2D eigenvalue weighted by atomic mass is 16.5. The van der Waals surface area contributed by atoms with E-state index in [0.29, 0.717) is 0 Å². The minimum absolute atomic E-state index is 0.0894. The Kier molecular flexibility index (Phi) is 3.24. The van der Waals surface area contributed by atoms with Crippen LogP contribution in [0.4, 0.5) is 0 Å². The Labute approximate surface area is 80.0 Å². The molecular weight excluding hydrogens is 188 g/mol. The molecule has 1 amide bonds. The first-order valence-electron chi connectivity index (χ1n) is 3.83. The normalized spacial score (nSPS) is 9.57. The van der Waals surface area contributed by atoms with Crippen molar-refractivity contribution in [1.29, 1.82) is 0 Å². The second-order valence-corrected chi connectivity index (χ2v) is 2.49. The Hall–Kier alpha value is -1.82. The van der Waals surface area contributed by atoms with E-state index in [2.05, 4.69) is 4.74 Å². The lowest BCUT2D eigenvalue weighted by Gasteiger charge is -1.99. The molecule has 0 unspecified atom stereocenters. The molecule has 0 aromatic carbocycles. The molecule has 0 saturated heterocycles. The topological polar surface area (TPSA) is 94.6 Å². The maximum absolute atomic E-state index is 11.1. The molecule has 0 radical (unpaired) electrons. The van der Waals surface area contributed by atoms with E-state index in [0.717, 1.165) is 0 Å². The molecule has 1 heterocycles. The molecule has 0 aliphatic rings. The number of carbonyl (C=O) groups is 2. The van der Waals surface area contributed by atoms with Crippen LogP contribution in [-0.4, -0.2) is 19.0 Å². The van der Waals surface area contributed by atoms with Gasteiger partial charge in [-0.2, -0.15) is 0 Å². The first-order chi connectivity index (χ1) is 6.69. The monoisotopic (exact) mass is 198 g/mol. The quantitative estimate of drug-likeness (QED) is 0.298. The third-order valence-electron chi connectivity index (χ3n) is 1.63. The summed E-state index contributed by atoms with van der Waals surface area (Å²) in [6, 6.07) is 1.44. The van der Waals surface area contributed by atoms with Crippen LogP contribution in [0.1, 0.15) is 16.1 Å². The van der Waals surface area contributed by atoms with E-state index in [1.165, 1.54) is 19.4 Å². The predicted molar refractivity (Wildman–Crippen MR) is 46.1 cm³/mol. The molecule has 0 aliphatic carbocycles. The third kappa shape index (κ3) is 2.11. The zero-order valence-electron chi connectivity index (χ0n) is 7.57. The second kappa shape index (κ2) is 4.43. The smallest absolute Gasteiger partial charge is 0.341 e. The maximum atomic E-state index is 11.1. The largest absolute Gasteiger partial charge is 0.468 e. The molecule has 76 valence electrons. The first kappa shape index (κ1) is 10.3. The van der Waals surface area contributed by atoms with Crippen LogP contribution in [-0.2, 0) is 16.0 Å². The zero-order chi connectivity index (χ0) is 10.6. The molecule has 0 aliphatic heterocycles. The Morgan fingerprint density at radius 1 is 1.64 bits per heavy atom. The molecule has 0 atom stereocenters. The van der Waals surface area contributed by atoms with Gasteiger partial charge < -0.3 is 9.15 Å². The van der Waals surface area contributed by atoms with Gasteiger partial charge in [0, 0.05) is 0 Å². The van der Waals surface area contributed by atoms with Gasteiger partial charge in [-0.15, -0.1) is 0 Å². The van der Waals surface area contributed by atoms with Gasteiger partial charge in [0.25, 0.3) is 0 Å². The standard InChI is InChI=1S/C8H10N2O4/c1-13-8(12)5-2-3-14-6(5)4-7(11)10-9/h2-3H,4,9H2,1H3,(H,10,11). The lowest BCUT2D eigenvalue weighted by Crippen LogP contribution is -2.31. The SMILES string of the molecule is COC(=O)c1ccoc1CC(=O)NN. The number of hydrazine groups is 1. The van der Waals surface area contributed by atoms with E-state index < -0.39 is 11.9 Å². The number of carbonyl (C=O) groups excluding carboxylic acids is 2. The Balaban J connectivity index is 2.82. The van der Waals surface area contributed by atoms with Crippen molar-refractivity contribution in [2.24, 2.45) is 5.84 Å². The summed E-state index contributed by atoms with van der Waals surface area (Å²) >= 11 is 0. The van der Waals surface area contributed by atoms with Crippen LogP contribution in [0.5, 0.6) is 0 Å². The zero-order valence-corrected chi connectivity index (χ0v) is 7.57. The first-order valence-corrected chi connectivity index (χ1v) is 3.83. The van der Waals surface area contributed by atoms with Crippen molar-refractivity contribution < 1.29 is 18.7 Å². The minimum Gasteiger partial charge on any atom is -0.468 e. The highest BCUT2D eigenvalue weighted by molar-refractivity contribution is 5.92. The van der Waals surface area contributed by atoms with Crippen LogP contribution in [0.2, 0.25) is 0 Å². The van der Waals surface area contributed by atoms with E-state index in [-0.39, 0.29) is 17.7 Å². The summed E-state index contributed by atoms with van der Waals surface area (Å²) < 4.78 is 9.43. The maximum Gasteiger partial charge on any atom is 0.341 e. The average Bonchev–Trinajstić information content (AvgIpc) is 2.64. The number of ether oxygens (including phenoxy) is 1. The van der Waals surface area contributed by atoms with Crippen molar-refractivity contribution in [3.8, 4) is 0 Å². The fourth-order valence-corrected chi connectivity index (χ4v) is 0.966. The molecule has 1 aromatic heterocycles. The van der Waals surface area contributed by atoms with Crippen molar-refractivity contribution in [3.05, 3.63) is 23.7 Å². The summed E-state index contributed by atoms with van der Waals surface area (Å²) in [6.07, 6.45) is 1.22. The van der Waals surface area contributed by atoms with Crippen LogP contribution in [0.3, 0.4) is 0 Å². The molecule has 1 aromatic rings. The highest BCUT2D eigenvalue weighted by Gasteiger charge is 2.16. The van der Waals surface area contributed by atoms with Crippen LogP contribution in [0, 0.1) is 0 Å². The van der Waals surface area contributed by atoms with Crippen molar-refractivity contribution in [3.63, 3.8) is 0 Å². The Morgan fingerprint density at radius 2 is 2.36 bits per heavy atom. The number of hydrogen-bond acceptors (Lipinski definition) is 5. The fraction of sp³-hybridized carbons (Fsp3) is 0.250. The van der Waals surface area contributed by atoms with E-state index in [1.54, 1.807) is 0 Å². The van der Waals surface area contributed by atoms with E-state index >= 15 is 0 Å². The predicted octanol–water partition coefficient (Wildman–Crippen LogP) is -0.401.